The van der Waals surface area contributed by atoms with E-state index >= 15 is 0 Å². The Hall–Kier alpha value is -2.14. The number of aromatic hydroxyl groups is 1. The number of rotatable bonds is 7. The molecular formula is C18H24O5. The number of phenols is 1. The van der Waals surface area contributed by atoms with Crippen LogP contribution < -0.4 is 0 Å². The van der Waals surface area contributed by atoms with Crippen molar-refractivity contribution in [3.8, 4) is 5.75 Å². The number of ketones is 1. The maximum absolute atomic E-state index is 12.3. The van der Waals surface area contributed by atoms with Gasteiger partial charge in [-0.1, -0.05) is 11.6 Å². The molecule has 5 heteroatoms. The number of esters is 1. The highest BCUT2D eigenvalue weighted by Crippen LogP contribution is 2.24. The largest absolute Gasteiger partial charge is 0.507 e. The van der Waals surface area contributed by atoms with Gasteiger partial charge in [-0.25, -0.2) is 4.79 Å². The Balaban J connectivity index is 2.85. The molecule has 1 aromatic carbocycles. The second kappa shape index (κ2) is 7.92. The van der Waals surface area contributed by atoms with Gasteiger partial charge in [0.2, 0.25) is 0 Å². The van der Waals surface area contributed by atoms with E-state index in [2.05, 4.69) is 4.74 Å². The first kappa shape index (κ1) is 18.9. The van der Waals surface area contributed by atoms with E-state index in [4.69, 9.17) is 0 Å². The normalized spacial score (nSPS) is 13.1. The summed E-state index contributed by atoms with van der Waals surface area (Å²) in [5.41, 5.74) is 0.216. The number of allylic oxidation sites excluding steroid dienone is 2. The van der Waals surface area contributed by atoms with Crippen LogP contribution in [0.5, 0.6) is 5.75 Å². The van der Waals surface area contributed by atoms with E-state index in [-0.39, 0.29) is 29.1 Å². The van der Waals surface area contributed by atoms with Gasteiger partial charge in [0.1, 0.15) is 11.3 Å². The average molecular weight is 320 g/mol. The first-order valence-corrected chi connectivity index (χ1v) is 7.46. The van der Waals surface area contributed by atoms with Crippen molar-refractivity contribution in [2.45, 2.75) is 45.6 Å². The highest BCUT2D eigenvalue weighted by Gasteiger charge is 2.25. The summed E-state index contributed by atoms with van der Waals surface area (Å²) in [6.45, 7) is 5.57. The lowest BCUT2D eigenvalue weighted by Crippen LogP contribution is -2.27. The zero-order valence-corrected chi connectivity index (χ0v) is 14.0. The maximum Gasteiger partial charge on any atom is 0.341 e. The SMILES string of the molecule is COC(=O)c1cc(C(=O)C[C@](C)(O)CCC=C(C)C)ccc1O. The molecule has 0 aliphatic heterocycles. The van der Waals surface area contributed by atoms with E-state index in [0.717, 1.165) is 5.57 Å². The summed E-state index contributed by atoms with van der Waals surface area (Å²) in [7, 11) is 1.20. The van der Waals surface area contributed by atoms with Crippen molar-refractivity contribution in [2.24, 2.45) is 0 Å². The zero-order valence-electron chi connectivity index (χ0n) is 14.0. The van der Waals surface area contributed by atoms with Crippen LogP contribution >= 0.6 is 0 Å². The number of benzene rings is 1. The van der Waals surface area contributed by atoms with E-state index in [9.17, 15) is 19.8 Å². The molecule has 0 saturated carbocycles. The van der Waals surface area contributed by atoms with Gasteiger partial charge in [-0.15, -0.1) is 0 Å². The van der Waals surface area contributed by atoms with Gasteiger partial charge in [0.25, 0.3) is 0 Å². The Morgan fingerprint density at radius 1 is 1.30 bits per heavy atom. The molecule has 0 heterocycles. The van der Waals surface area contributed by atoms with Gasteiger partial charge >= 0.3 is 5.97 Å². The molecule has 1 rings (SSSR count). The fourth-order valence-corrected chi connectivity index (χ4v) is 2.19. The number of ether oxygens (including phenoxy) is 1. The fraction of sp³-hybridized carbons (Fsp3) is 0.444. The van der Waals surface area contributed by atoms with Crippen molar-refractivity contribution in [3.63, 3.8) is 0 Å². The monoisotopic (exact) mass is 320 g/mol. The molecule has 1 aromatic rings. The maximum atomic E-state index is 12.3. The molecule has 23 heavy (non-hydrogen) atoms. The van der Waals surface area contributed by atoms with Crippen LogP contribution in [0, 0.1) is 0 Å². The lowest BCUT2D eigenvalue weighted by molar-refractivity contribution is 0.0398. The van der Waals surface area contributed by atoms with Crippen LogP contribution in [-0.2, 0) is 4.74 Å². The van der Waals surface area contributed by atoms with E-state index < -0.39 is 11.6 Å². The number of aliphatic hydroxyl groups is 1. The Bertz CT molecular complexity index is 610. The summed E-state index contributed by atoms with van der Waals surface area (Å²) in [5.74, 6) is -1.26. The van der Waals surface area contributed by atoms with Crippen LogP contribution in [0.2, 0.25) is 0 Å². The summed E-state index contributed by atoms with van der Waals surface area (Å²) in [4.78, 5) is 23.9. The van der Waals surface area contributed by atoms with Gasteiger partial charge in [0, 0.05) is 12.0 Å². The van der Waals surface area contributed by atoms with Crippen molar-refractivity contribution in [1.82, 2.24) is 0 Å². The molecule has 126 valence electrons. The minimum Gasteiger partial charge on any atom is -0.507 e. The third kappa shape index (κ3) is 5.87. The summed E-state index contributed by atoms with van der Waals surface area (Å²) >= 11 is 0. The predicted molar refractivity (Wildman–Crippen MR) is 87.7 cm³/mol. The molecule has 0 amide bonds. The third-order valence-electron chi connectivity index (χ3n) is 3.50. The molecule has 0 unspecified atom stereocenters. The minimum absolute atomic E-state index is 0.0605. The van der Waals surface area contributed by atoms with Crippen LogP contribution in [0.25, 0.3) is 0 Å². The van der Waals surface area contributed by atoms with Gasteiger partial charge in [0.15, 0.2) is 5.78 Å². The number of Topliss-reactive ketones (excluding diaryl/α,β-unsaturated/α-hetero) is 1. The van der Waals surface area contributed by atoms with E-state index in [1.165, 1.54) is 25.3 Å². The summed E-state index contributed by atoms with van der Waals surface area (Å²) in [5, 5.41) is 20.0. The van der Waals surface area contributed by atoms with Crippen molar-refractivity contribution < 1.29 is 24.5 Å². The second-order valence-corrected chi connectivity index (χ2v) is 6.14. The molecule has 0 radical (unpaired) electrons. The molecule has 0 aromatic heterocycles. The Labute approximate surface area is 136 Å². The lowest BCUT2D eigenvalue weighted by atomic mass is 9.90. The van der Waals surface area contributed by atoms with E-state index in [1.807, 2.05) is 19.9 Å². The Morgan fingerprint density at radius 2 is 1.96 bits per heavy atom. The van der Waals surface area contributed by atoms with Gasteiger partial charge in [-0.2, -0.15) is 0 Å². The topological polar surface area (TPSA) is 83.8 Å². The average Bonchev–Trinajstić information content (AvgIpc) is 2.45. The standard InChI is InChI=1S/C18H24O5/c1-12(2)6-5-9-18(3,22)11-16(20)13-7-8-15(19)14(10-13)17(21)23-4/h6-8,10,19,22H,5,9,11H2,1-4H3/t18-/m1/s1. The first-order chi connectivity index (χ1) is 10.7. The number of hydrogen-bond donors (Lipinski definition) is 2. The number of hydrogen-bond acceptors (Lipinski definition) is 5. The summed E-state index contributed by atoms with van der Waals surface area (Å²) in [6, 6.07) is 3.99. The number of methoxy groups -OCH3 is 1. The van der Waals surface area contributed by atoms with Crippen molar-refractivity contribution in [3.05, 3.63) is 41.0 Å². The molecule has 0 spiro atoms. The minimum atomic E-state index is -1.13. The van der Waals surface area contributed by atoms with Crippen LogP contribution in [-0.4, -0.2) is 34.7 Å². The van der Waals surface area contributed by atoms with Gasteiger partial charge in [-0.05, 0) is 51.8 Å². The number of phenolic OH excluding ortho intramolecular Hbond substituents is 1. The highest BCUT2D eigenvalue weighted by molar-refractivity contribution is 6.00. The predicted octanol–water partition coefficient (Wildman–Crippen LogP) is 3.25. The summed E-state index contributed by atoms with van der Waals surface area (Å²) < 4.78 is 4.56. The molecule has 0 fully saturated rings. The molecule has 0 aliphatic carbocycles. The summed E-state index contributed by atoms with van der Waals surface area (Å²) in [6.07, 6.45) is 3.10. The molecule has 2 N–H and O–H groups in total. The van der Waals surface area contributed by atoms with Gasteiger partial charge < -0.3 is 14.9 Å². The smallest absolute Gasteiger partial charge is 0.341 e. The van der Waals surface area contributed by atoms with E-state index in [1.54, 1.807) is 6.92 Å². The highest BCUT2D eigenvalue weighted by atomic mass is 16.5. The van der Waals surface area contributed by atoms with Crippen molar-refractivity contribution in [1.29, 1.82) is 0 Å². The van der Waals surface area contributed by atoms with Crippen molar-refractivity contribution in [2.75, 3.05) is 7.11 Å². The number of carbonyl (C=O) groups is 2. The van der Waals surface area contributed by atoms with Crippen molar-refractivity contribution >= 4 is 11.8 Å². The first-order valence-electron chi connectivity index (χ1n) is 7.46. The molecule has 0 aliphatic rings. The second-order valence-electron chi connectivity index (χ2n) is 6.14. The molecular weight excluding hydrogens is 296 g/mol. The molecule has 0 bridgehead atoms. The van der Waals surface area contributed by atoms with Gasteiger partial charge in [-0.3, -0.25) is 4.79 Å². The Morgan fingerprint density at radius 3 is 2.52 bits per heavy atom. The van der Waals surface area contributed by atoms with Crippen LogP contribution in [0.1, 0.15) is 60.7 Å². The quantitative estimate of drug-likeness (QED) is 0.458. The Kier molecular flexibility index (Phi) is 6.51. The van der Waals surface area contributed by atoms with Crippen LogP contribution in [0.3, 0.4) is 0 Å². The molecule has 0 saturated heterocycles. The third-order valence-corrected chi connectivity index (χ3v) is 3.50. The molecule has 1 atom stereocenters. The van der Waals surface area contributed by atoms with Crippen LogP contribution in [0.15, 0.2) is 29.8 Å². The lowest BCUT2D eigenvalue weighted by Gasteiger charge is -2.22. The van der Waals surface area contributed by atoms with Gasteiger partial charge in [0.05, 0.1) is 12.7 Å². The number of carbonyl (C=O) groups excluding carboxylic acids is 2. The van der Waals surface area contributed by atoms with E-state index in [0.29, 0.717) is 12.8 Å². The van der Waals surface area contributed by atoms with Crippen LogP contribution in [0.4, 0.5) is 0 Å². The zero-order chi connectivity index (χ0) is 17.6. The molecule has 5 nitrogen and oxygen atoms in total. The fourth-order valence-electron chi connectivity index (χ4n) is 2.19.